The number of ether oxygens (including phenoxy) is 1. The maximum absolute atomic E-state index is 11.9. The summed E-state index contributed by atoms with van der Waals surface area (Å²) in [6.07, 6.45) is 1.24. The number of phenolic OH excluding ortho intramolecular Hbond substituents is 1. The van der Waals surface area contributed by atoms with E-state index < -0.39 is 17.4 Å². The summed E-state index contributed by atoms with van der Waals surface area (Å²) in [5.41, 5.74) is 5.75. The van der Waals surface area contributed by atoms with E-state index in [-0.39, 0.29) is 17.2 Å². The molecule has 0 radical (unpaired) electrons. The van der Waals surface area contributed by atoms with Crippen LogP contribution < -0.4 is 10.2 Å². The molecule has 0 aliphatic rings. The smallest absolute Gasteiger partial charge is 0.310 e. The molecule has 0 saturated carbocycles. The molecule has 0 atom stereocenters. The summed E-state index contributed by atoms with van der Waals surface area (Å²) in [6, 6.07) is 16.1. The molecule has 0 fully saturated rings. The van der Waals surface area contributed by atoms with Crippen LogP contribution in [0.3, 0.4) is 0 Å². The lowest BCUT2D eigenvalue weighted by Gasteiger charge is -2.05. The van der Waals surface area contributed by atoms with Gasteiger partial charge in [0.05, 0.1) is 22.5 Å². The number of nitro benzene ring substituents is 1. The number of aromatic hydroxyl groups is 1. The lowest BCUT2D eigenvalue weighted by atomic mass is 10.1. The molecule has 0 saturated heterocycles. The van der Waals surface area contributed by atoms with Crippen molar-refractivity contribution in [2.75, 3.05) is 6.61 Å². The second-order valence-electron chi connectivity index (χ2n) is 7.02. The fourth-order valence-corrected chi connectivity index (χ4v) is 2.69. The van der Waals surface area contributed by atoms with Crippen molar-refractivity contribution in [1.29, 1.82) is 0 Å². The molecule has 3 aromatic rings. The van der Waals surface area contributed by atoms with Gasteiger partial charge in [0.2, 0.25) is 0 Å². The van der Waals surface area contributed by atoms with Crippen molar-refractivity contribution < 1.29 is 19.6 Å². The van der Waals surface area contributed by atoms with Gasteiger partial charge < -0.3 is 9.84 Å². The molecular weight excluding hydrogens is 426 g/mol. The van der Waals surface area contributed by atoms with E-state index in [2.05, 4.69) is 20.8 Å². The summed E-state index contributed by atoms with van der Waals surface area (Å²) in [5.74, 6) is -0.718. The summed E-state index contributed by atoms with van der Waals surface area (Å²) >= 11 is 0. The van der Waals surface area contributed by atoms with E-state index in [0.717, 1.165) is 11.1 Å². The maximum atomic E-state index is 11.9. The van der Waals surface area contributed by atoms with Crippen molar-refractivity contribution in [2.45, 2.75) is 13.8 Å². The van der Waals surface area contributed by atoms with E-state index in [1.54, 1.807) is 18.2 Å². The number of hydrazone groups is 1. The molecule has 10 nitrogen and oxygen atoms in total. The van der Waals surface area contributed by atoms with Gasteiger partial charge in [-0.2, -0.15) is 15.3 Å². The summed E-state index contributed by atoms with van der Waals surface area (Å²) in [5, 5.41) is 33.1. The number of nitro groups is 1. The number of carbonyl (C=O) groups is 1. The minimum absolute atomic E-state index is 0.0268. The summed E-state index contributed by atoms with van der Waals surface area (Å²) in [6.45, 7) is 3.53. The third-order valence-corrected chi connectivity index (χ3v) is 4.60. The number of hydrogen-bond acceptors (Lipinski definition) is 8. The van der Waals surface area contributed by atoms with Crippen molar-refractivity contribution in [1.82, 2.24) is 5.43 Å². The monoisotopic (exact) mass is 447 g/mol. The number of para-hydroxylation sites is 2. The molecule has 0 aliphatic carbocycles. The van der Waals surface area contributed by atoms with Gasteiger partial charge in [0.25, 0.3) is 5.91 Å². The van der Waals surface area contributed by atoms with E-state index in [1.807, 2.05) is 32.0 Å². The van der Waals surface area contributed by atoms with Gasteiger partial charge in [0, 0.05) is 11.6 Å². The first-order valence-electron chi connectivity index (χ1n) is 9.83. The minimum atomic E-state index is -0.630. The second-order valence-corrected chi connectivity index (χ2v) is 7.02. The van der Waals surface area contributed by atoms with Gasteiger partial charge in [-0.05, 0) is 61.4 Å². The van der Waals surface area contributed by atoms with E-state index in [9.17, 15) is 20.0 Å². The van der Waals surface area contributed by atoms with Crippen LogP contribution in [0.2, 0.25) is 0 Å². The molecule has 0 bridgehead atoms. The van der Waals surface area contributed by atoms with Gasteiger partial charge in [-0.3, -0.25) is 14.9 Å². The fraction of sp³-hybridized carbons (Fsp3) is 0.130. The number of benzene rings is 3. The lowest BCUT2D eigenvalue weighted by Crippen LogP contribution is -2.24. The molecule has 0 aromatic heterocycles. The molecular formula is C23H21N5O5. The van der Waals surface area contributed by atoms with Crippen LogP contribution in [0.25, 0.3) is 0 Å². The SMILES string of the molecule is Cc1ccc(N=Nc2ccc(O)c(/C=N/NC(=O)COc3ccccc3[N+](=O)[O-])c2)cc1C. The summed E-state index contributed by atoms with van der Waals surface area (Å²) in [4.78, 5) is 22.3. The van der Waals surface area contributed by atoms with Crippen molar-refractivity contribution in [3.05, 3.63) is 87.5 Å². The first-order valence-corrected chi connectivity index (χ1v) is 9.83. The van der Waals surface area contributed by atoms with E-state index in [1.165, 1.54) is 30.5 Å². The average Bonchev–Trinajstić information content (AvgIpc) is 2.80. The summed E-state index contributed by atoms with van der Waals surface area (Å²) < 4.78 is 5.19. The lowest BCUT2D eigenvalue weighted by molar-refractivity contribution is -0.385. The van der Waals surface area contributed by atoms with Crippen molar-refractivity contribution in [2.24, 2.45) is 15.3 Å². The Labute approximate surface area is 189 Å². The van der Waals surface area contributed by atoms with Gasteiger partial charge in [0.15, 0.2) is 12.4 Å². The zero-order valence-electron chi connectivity index (χ0n) is 17.9. The Morgan fingerprint density at radius 2 is 1.76 bits per heavy atom. The number of carbonyl (C=O) groups excluding carboxylic acids is 1. The quantitative estimate of drug-likeness (QED) is 0.220. The van der Waals surface area contributed by atoms with Gasteiger partial charge in [0.1, 0.15) is 5.75 Å². The zero-order valence-corrected chi connectivity index (χ0v) is 17.9. The molecule has 168 valence electrons. The number of hydrogen-bond donors (Lipinski definition) is 2. The Morgan fingerprint density at radius 1 is 1.06 bits per heavy atom. The van der Waals surface area contributed by atoms with Crippen LogP contribution >= 0.6 is 0 Å². The number of rotatable bonds is 8. The molecule has 33 heavy (non-hydrogen) atoms. The third kappa shape index (κ3) is 6.44. The minimum Gasteiger partial charge on any atom is -0.507 e. The molecule has 3 rings (SSSR count). The Morgan fingerprint density at radius 3 is 2.48 bits per heavy atom. The van der Waals surface area contributed by atoms with Crippen LogP contribution in [0.15, 0.2) is 76.0 Å². The van der Waals surface area contributed by atoms with Crippen LogP contribution in [0.1, 0.15) is 16.7 Å². The molecule has 0 aliphatic heterocycles. The standard InChI is InChI=1S/C23H21N5O5/c1-15-7-8-18(11-16(15)2)25-26-19-9-10-21(29)17(12-19)13-24-27-23(30)14-33-22-6-4-3-5-20(22)28(31)32/h3-13,29H,14H2,1-2H3,(H,27,30)/b24-13+,26-25?. The van der Waals surface area contributed by atoms with Crippen molar-refractivity contribution in [3.8, 4) is 11.5 Å². The Kier molecular flexibility index (Phi) is 7.43. The highest BCUT2D eigenvalue weighted by molar-refractivity contribution is 5.86. The van der Waals surface area contributed by atoms with Gasteiger partial charge in [-0.25, -0.2) is 5.43 Å². The van der Waals surface area contributed by atoms with Crippen molar-refractivity contribution in [3.63, 3.8) is 0 Å². The highest BCUT2D eigenvalue weighted by Gasteiger charge is 2.14. The number of nitrogens with one attached hydrogen (secondary N) is 1. The normalized spacial score (nSPS) is 11.1. The van der Waals surface area contributed by atoms with E-state index in [4.69, 9.17) is 4.74 Å². The van der Waals surface area contributed by atoms with Crippen LogP contribution in [0, 0.1) is 24.0 Å². The Balaban J connectivity index is 1.60. The van der Waals surface area contributed by atoms with Gasteiger partial charge in [-0.1, -0.05) is 18.2 Å². The molecule has 0 heterocycles. The predicted octanol–water partition coefficient (Wildman–Crippen LogP) is 4.86. The average molecular weight is 447 g/mol. The van der Waals surface area contributed by atoms with E-state index >= 15 is 0 Å². The number of amides is 1. The zero-order chi connectivity index (χ0) is 23.8. The predicted molar refractivity (Wildman–Crippen MR) is 123 cm³/mol. The largest absolute Gasteiger partial charge is 0.507 e. The first kappa shape index (κ1) is 23.1. The number of azo groups is 1. The fourth-order valence-electron chi connectivity index (χ4n) is 2.69. The molecule has 3 aromatic carbocycles. The van der Waals surface area contributed by atoms with Crippen LogP contribution in [0.5, 0.6) is 11.5 Å². The van der Waals surface area contributed by atoms with Crippen LogP contribution in [0.4, 0.5) is 17.1 Å². The Bertz CT molecular complexity index is 1240. The van der Waals surface area contributed by atoms with Crippen LogP contribution in [-0.2, 0) is 4.79 Å². The number of phenols is 1. The van der Waals surface area contributed by atoms with Gasteiger partial charge >= 0.3 is 5.69 Å². The van der Waals surface area contributed by atoms with Crippen LogP contribution in [-0.4, -0.2) is 28.8 Å². The maximum Gasteiger partial charge on any atom is 0.310 e. The first-order chi connectivity index (χ1) is 15.8. The third-order valence-electron chi connectivity index (χ3n) is 4.60. The number of aryl methyl sites for hydroxylation is 2. The molecule has 0 spiro atoms. The molecule has 2 N–H and O–H groups in total. The van der Waals surface area contributed by atoms with Gasteiger partial charge in [-0.15, -0.1) is 0 Å². The second kappa shape index (κ2) is 10.6. The molecule has 10 heteroatoms. The summed E-state index contributed by atoms with van der Waals surface area (Å²) in [7, 11) is 0. The molecule has 0 unspecified atom stereocenters. The Hall–Kier alpha value is -4.60. The van der Waals surface area contributed by atoms with E-state index in [0.29, 0.717) is 16.9 Å². The topological polar surface area (TPSA) is 139 Å². The highest BCUT2D eigenvalue weighted by atomic mass is 16.6. The molecule has 1 amide bonds. The number of nitrogens with zero attached hydrogens (tertiary/aromatic N) is 4. The highest BCUT2D eigenvalue weighted by Crippen LogP contribution is 2.26. The van der Waals surface area contributed by atoms with Crippen molar-refractivity contribution >= 4 is 29.2 Å².